The SMILES string of the molecule is CCOC[C@@H](O)Cn1cnc(-c2ccccc2)c1-c1ccc(OC)c(C)c1. The van der Waals surface area contributed by atoms with E-state index in [1.54, 1.807) is 13.4 Å². The summed E-state index contributed by atoms with van der Waals surface area (Å²) < 4.78 is 12.7. The van der Waals surface area contributed by atoms with E-state index in [1.165, 1.54) is 0 Å². The van der Waals surface area contributed by atoms with Gasteiger partial charge in [0.15, 0.2) is 0 Å². The third-order valence-corrected chi connectivity index (χ3v) is 4.48. The minimum Gasteiger partial charge on any atom is -0.496 e. The first-order valence-electron chi connectivity index (χ1n) is 9.15. The molecule has 0 unspecified atom stereocenters. The van der Waals surface area contributed by atoms with Crippen LogP contribution in [0.4, 0.5) is 0 Å². The summed E-state index contributed by atoms with van der Waals surface area (Å²) in [5.41, 5.74) is 5.00. The molecule has 3 rings (SSSR count). The van der Waals surface area contributed by atoms with E-state index in [9.17, 15) is 5.11 Å². The Bertz CT molecular complexity index is 875. The van der Waals surface area contributed by atoms with Crippen molar-refractivity contribution < 1.29 is 14.6 Å². The van der Waals surface area contributed by atoms with E-state index < -0.39 is 6.10 Å². The Balaban J connectivity index is 2.05. The van der Waals surface area contributed by atoms with Gasteiger partial charge in [-0.1, -0.05) is 30.3 Å². The van der Waals surface area contributed by atoms with Crippen LogP contribution >= 0.6 is 0 Å². The highest BCUT2D eigenvalue weighted by Gasteiger charge is 2.18. The summed E-state index contributed by atoms with van der Waals surface area (Å²) in [5.74, 6) is 0.849. The first-order valence-corrected chi connectivity index (χ1v) is 9.15. The fourth-order valence-corrected chi connectivity index (χ4v) is 3.19. The topological polar surface area (TPSA) is 56.5 Å². The zero-order valence-corrected chi connectivity index (χ0v) is 16.1. The smallest absolute Gasteiger partial charge is 0.121 e. The lowest BCUT2D eigenvalue weighted by Gasteiger charge is -2.16. The molecule has 0 aliphatic rings. The Labute approximate surface area is 160 Å². The molecule has 1 aromatic heterocycles. The van der Waals surface area contributed by atoms with Gasteiger partial charge in [0, 0.05) is 17.7 Å². The van der Waals surface area contributed by atoms with Crippen LogP contribution in [-0.2, 0) is 11.3 Å². The fraction of sp³-hybridized carbons (Fsp3) is 0.318. The van der Waals surface area contributed by atoms with E-state index in [1.807, 2.05) is 60.9 Å². The van der Waals surface area contributed by atoms with Gasteiger partial charge in [-0.2, -0.15) is 0 Å². The highest BCUT2D eigenvalue weighted by Crippen LogP contribution is 2.33. The van der Waals surface area contributed by atoms with E-state index in [0.29, 0.717) is 19.8 Å². The summed E-state index contributed by atoms with van der Waals surface area (Å²) in [6, 6.07) is 16.2. The Morgan fingerprint density at radius 3 is 2.56 bits per heavy atom. The molecule has 2 aromatic carbocycles. The number of rotatable bonds is 8. The van der Waals surface area contributed by atoms with Crippen LogP contribution in [0.3, 0.4) is 0 Å². The molecule has 5 nitrogen and oxygen atoms in total. The highest BCUT2D eigenvalue weighted by atomic mass is 16.5. The van der Waals surface area contributed by atoms with Gasteiger partial charge in [0.05, 0.1) is 44.1 Å². The summed E-state index contributed by atoms with van der Waals surface area (Å²) in [7, 11) is 1.67. The molecule has 1 N–H and O–H groups in total. The van der Waals surface area contributed by atoms with Gasteiger partial charge in [-0.05, 0) is 37.6 Å². The average Bonchev–Trinajstić information content (AvgIpc) is 3.10. The molecule has 5 heteroatoms. The first kappa shape index (κ1) is 19.1. The molecule has 1 heterocycles. The number of imidazole rings is 1. The van der Waals surface area contributed by atoms with E-state index in [0.717, 1.165) is 33.8 Å². The van der Waals surface area contributed by atoms with E-state index in [4.69, 9.17) is 9.47 Å². The van der Waals surface area contributed by atoms with Gasteiger partial charge in [0.1, 0.15) is 5.75 Å². The molecule has 0 aliphatic heterocycles. The zero-order chi connectivity index (χ0) is 19.2. The van der Waals surface area contributed by atoms with Crippen LogP contribution in [0.2, 0.25) is 0 Å². The van der Waals surface area contributed by atoms with E-state index >= 15 is 0 Å². The van der Waals surface area contributed by atoms with Crippen molar-refractivity contribution in [3.8, 4) is 28.3 Å². The number of methoxy groups -OCH3 is 1. The summed E-state index contributed by atoms with van der Waals surface area (Å²) in [4.78, 5) is 4.65. The summed E-state index contributed by atoms with van der Waals surface area (Å²) in [6.07, 6.45) is 1.19. The molecule has 0 fully saturated rings. The van der Waals surface area contributed by atoms with Crippen molar-refractivity contribution in [1.29, 1.82) is 0 Å². The highest BCUT2D eigenvalue weighted by molar-refractivity contribution is 5.79. The van der Waals surface area contributed by atoms with Crippen molar-refractivity contribution in [1.82, 2.24) is 9.55 Å². The number of aliphatic hydroxyl groups excluding tert-OH is 1. The van der Waals surface area contributed by atoms with Gasteiger partial charge in [-0.3, -0.25) is 0 Å². The number of hydrogen-bond acceptors (Lipinski definition) is 4. The first-order chi connectivity index (χ1) is 13.1. The standard InChI is InChI=1S/C22H26N2O3/c1-4-27-14-19(25)13-24-15-23-21(17-8-6-5-7-9-17)22(24)18-10-11-20(26-3)16(2)12-18/h5-12,15,19,25H,4,13-14H2,1-3H3/t19-/m0/s1. The monoisotopic (exact) mass is 366 g/mol. The average molecular weight is 366 g/mol. The van der Waals surface area contributed by atoms with Crippen molar-refractivity contribution in [3.05, 3.63) is 60.4 Å². The van der Waals surface area contributed by atoms with Gasteiger partial charge >= 0.3 is 0 Å². The predicted molar refractivity (Wildman–Crippen MR) is 107 cm³/mol. The Morgan fingerprint density at radius 1 is 1.11 bits per heavy atom. The second kappa shape index (κ2) is 8.84. The third kappa shape index (κ3) is 4.38. The minimum absolute atomic E-state index is 0.302. The van der Waals surface area contributed by atoms with Crippen LogP contribution < -0.4 is 4.74 Å². The number of aryl methyl sites for hydroxylation is 1. The molecule has 0 aliphatic carbocycles. The van der Waals surface area contributed by atoms with Crippen LogP contribution in [0.1, 0.15) is 12.5 Å². The van der Waals surface area contributed by atoms with Crippen LogP contribution in [0, 0.1) is 6.92 Å². The Kier molecular flexibility index (Phi) is 6.27. The number of benzene rings is 2. The minimum atomic E-state index is -0.596. The second-order valence-corrected chi connectivity index (χ2v) is 6.46. The molecule has 0 bridgehead atoms. The maximum atomic E-state index is 10.3. The van der Waals surface area contributed by atoms with Crippen LogP contribution in [0.15, 0.2) is 54.9 Å². The van der Waals surface area contributed by atoms with Crippen LogP contribution in [0.25, 0.3) is 22.5 Å². The van der Waals surface area contributed by atoms with E-state index in [-0.39, 0.29) is 0 Å². The number of aromatic nitrogens is 2. The van der Waals surface area contributed by atoms with Crippen molar-refractivity contribution in [2.75, 3.05) is 20.3 Å². The summed E-state index contributed by atoms with van der Waals surface area (Å²) in [6.45, 7) is 5.25. The Morgan fingerprint density at radius 2 is 1.89 bits per heavy atom. The van der Waals surface area contributed by atoms with Crippen molar-refractivity contribution >= 4 is 0 Å². The lowest BCUT2D eigenvalue weighted by atomic mass is 10.0. The van der Waals surface area contributed by atoms with Crippen molar-refractivity contribution in [2.45, 2.75) is 26.5 Å². The number of aliphatic hydroxyl groups is 1. The maximum Gasteiger partial charge on any atom is 0.121 e. The Hall–Kier alpha value is -2.63. The lowest BCUT2D eigenvalue weighted by molar-refractivity contribution is 0.0337. The lowest BCUT2D eigenvalue weighted by Crippen LogP contribution is -2.22. The molecule has 0 saturated carbocycles. The normalized spacial score (nSPS) is 12.1. The fourth-order valence-electron chi connectivity index (χ4n) is 3.19. The maximum absolute atomic E-state index is 10.3. The molecule has 1 atom stereocenters. The largest absolute Gasteiger partial charge is 0.496 e. The molecule has 142 valence electrons. The molecule has 0 radical (unpaired) electrons. The molecular formula is C22H26N2O3. The quantitative estimate of drug-likeness (QED) is 0.656. The number of hydrogen-bond donors (Lipinski definition) is 1. The molecule has 0 saturated heterocycles. The van der Waals surface area contributed by atoms with Gasteiger partial charge in [-0.15, -0.1) is 0 Å². The van der Waals surface area contributed by atoms with Crippen molar-refractivity contribution in [2.24, 2.45) is 0 Å². The predicted octanol–water partition coefficient (Wildman–Crippen LogP) is 3.93. The van der Waals surface area contributed by atoms with Gasteiger partial charge in [0.25, 0.3) is 0 Å². The number of nitrogens with zero attached hydrogens (tertiary/aromatic N) is 2. The molecule has 27 heavy (non-hydrogen) atoms. The molecule has 3 aromatic rings. The second-order valence-electron chi connectivity index (χ2n) is 6.46. The third-order valence-electron chi connectivity index (χ3n) is 4.48. The zero-order valence-electron chi connectivity index (χ0n) is 16.1. The molecule has 0 amide bonds. The van der Waals surface area contributed by atoms with Gasteiger partial charge in [-0.25, -0.2) is 4.98 Å². The molecular weight excluding hydrogens is 340 g/mol. The summed E-state index contributed by atoms with van der Waals surface area (Å²) in [5, 5.41) is 10.3. The van der Waals surface area contributed by atoms with Gasteiger partial charge in [0.2, 0.25) is 0 Å². The van der Waals surface area contributed by atoms with Crippen molar-refractivity contribution in [3.63, 3.8) is 0 Å². The van der Waals surface area contributed by atoms with Gasteiger partial charge < -0.3 is 19.1 Å². The molecule has 0 spiro atoms. The van der Waals surface area contributed by atoms with E-state index in [2.05, 4.69) is 11.1 Å². The van der Waals surface area contributed by atoms with Crippen LogP contribution in [-0.4, -0.2) is 41.1 Å². The van der Waals surface area contributed by atoms with Crippen LogP contribution in [0.5, 0.6) is 5.75 Å². The number of ether oxygens (including phenoxy) is 2. The summed E-state index contributed by atoms with van der Waals surface area (Å²) >= 11 is 0.